The van der Waals surface area contributed by atoms with Gasteiger partial charge in [0.25, 0.3) is 0 Å². The lowest BCUT2D eigenvalue weighted by Crippen LogP contribution is -2.23. The van der Waals surface area contributed by atoms with Gasteiger partial charge >= 0.3 is 5.97 Å². The Morgan fingerprint density at radius 1 is 1.61 bits per heavy atom. The molecule has 2 heterocycles. The van der Waals surface area contributed by atoms with E-state index in [-0.39, 0.29) is 17.2 Å². The number of hydrogen-bond donors (Lipinski definition) is 1. The summed E-state index contributed by atoms with van der Waals surface area (Å²) in [7, 11) is 1.36. The van der Waals surface area contributed by atoms with Crippen LogP contribution in [0.25, 0.3) is 0 Å². The van der Waals surface area contributed by atoms with E-state index in [9.17, 15) is 9.59 Å². The quantitative estimate of drug-likeness (QED) is 0.778. The molecule has 2 aliphatic carbocycles. The molecular weight excluding hydrogens is 250 g/mol. The summed E-state index contributed by atoms with van der Waals surface area (Å²) in [6, 6.07) is 1.85. The smallest absolute Gasteiger partial charge is 0.348 e. The van der Waals surface area contributed by atoms with Crippen LogP contribution in [0.3, 0.4) is 0 Å². The van der Waals surface area contributed by atoms with Crippen LogP contribution in [-0.4, -0.2) is 25.4 Å². The minimum Gasteiger partial charge on any atom is -0.465 e. The molecule has 1 aromatic heterocycles. The van der Waals surface area contributed by atoms with Gasteiger partial charge < -0.3 is 10.1 Å². The van der Waals surface area contributed by atoms with E-state index >= 15 is 0 Å². The van der Waals surface area contributed by atoms with Crippen LogP contribution in [0, 0.1) is 5.92 Å². The molecule has 2 fully saturated rings. The van der Waals surface area contributed by atoms with Gasteiger partial charge in [-0.15, -0.1) is 11.3 Å². The lowest BCUT2D eigenvalue weighted by atomic mass is 9.86. The van der Waals surface area contributed by atoms with Crippen LogP contribution in [0.5, 0.6) is 0 Å². The zero-order chi connectivity index (χ0) is 12.5. The molecule has 1 N–H and O–H groups in total. The molecule has 92 valence electrons. The second-order valence-electron chi connectivity index (χ2n) is 5.02. The zero-order valence-electron chi connectivity index (χ0n) is 9.78. The molecule has 2 atom stereocenters. The number of carbonyl (C=O) groups is 2. The van der Waals surface area contributed by atoms with E-state index in [0.29, 0.717) is 15.7 Å². The number of allylic oxidation sites excluding steroid dienone is 2. The Bertz CT molecular complexity index is 630. The van der Waals surface area contributed by atoms with Crippen LogP contribution in [0.15, 0.2) is 17.8 Å². The molecule has 4 rings (SSSR count). The fraction of sp³-hybridized carbons (Fsp3) is 0.385. The second kappa shape index (κ2) is 3.03. The molecule has 2 unspecified atom stereocenters. The molecule has 4 nitrogen and oxygen atoms in total. The highest BCUT2D eigenvalue weighted by Gasteiger charge is 2.64. The average molecular weight is 261 g/mol. The Labute approximate surface area is 108 Å². The third kappa shape index (κ3) is 1.01. The highest BCUT2D eigenvalue weighted by atomic mass is 32.1. The van der Waals surface area contributed by atoms with Crippen molar-refractivity contribution in [2.24, 2.45) is 5.92 Å². The van der Waals surface area contributed by atoms with Crippen molar-refractivity contribution >= 4 is 23.1 Å². The topological polar surface area (TPSA) is 55.4 Å². The van der Waals surface area contributed by atoms with Crippen LogP contribution < -0.4 is 5.32 Å². The number of methoxy groups -OCH3 is 1. The number of rotatable bonds is 1. The summed E-state index contributed by atoms with van der Waals surface area (Å²) < 4.78 is 4.73. The van der Waals surface area contributed by atoms with Gasteiger partial charge in [0.1, 0.15) is 4.88 Å². The first-order valence-corrected chi connectivity index (χ1v) is 6.71. The Balaban J connectivity index is 1.90. The lowest BCUT2D eigenvalue weighted by molar-refractivity contribution is 0.0606. The molecule has 1 spiro atoms. The Morgan fingerprint density at radius 3 is 3.17 bits per heavy atom. The Kier molecular flexibility index (Phi) is 1.74. The van der Waals surface area contributed by atoms with E-state index < -0.39 is 0 Å². The Hall–Kier alpha value is -1.62. The number of ketones is 1. The van der Waals surface area contributed by atoms with Crippen LogP contribution in [-0.2, 0) is 10.2 Å². The molecule has 3 aliphatic rings. The van der Waals surface area contributed by atoms with Gasteiger partial charge in [0.05, 0.1) is 12.0 Å². The van der Waals surface area contributed by atoms with E-state index in [4.69, 9.17) is 4.74 Å². The summed E-state index contributed by atoms with van der Waals surface area (Å²) >= 11 is 1.25. The van der Waals surface area contributed by atoms with Gasteiger partial charge in [0.15, 0.2) is 5.78 Å². The molecular formula is C13H11NO3S. The highest BCUT2D eigenvalue weighted by Crippen LogP contribution is 2.64. The first-order chi connectivity index (χ1) is 8.66. The summed E-state index contributed by atoms with van der Waals surface area (Å²) in [6.45, 7) is 0.932. The van der Waals surface area contributed by atoms with Crippen LogP contribution in [0.1, 0.15) is 31.3 Å². The molecule has 0 amide bonds. The van der Waals surface area contributed by atoms with Crippen molar-refractivity contribution in [3.8, 4) is 0 Å². The van der Waals surface area contributed by atoms with E-state index in [1.165, 1.54) is 18.4 Å². The van der Waals surface area contributed by atoms with Crippen molar-refractivity contribution in [2.75, 3.05) is 13.7 Å². The van der Waals surface area contributed by atoms with Gasteiger partial charge in [-0.1, -0.05) is 0 Å². The van der Waals surface area contributed by atoms with Crippen LogP contribution in [0.2, 0.25) is 0 Å². The zero-order valence-corrected chi connectivity index (χ0v) is 10.6. The van der Waals surface area contributed by atoms with Crippen molar-refractivity contribution in [1.29, 1.82) is 0 Å². The summed E-state index contributed by atoms with van der Waals surface area (Å²) in [5.41, 5.74) is 2.08. The lowest BCUT2D eigenvalue weighted by Gasteiger charge is -2.20. The molecule has 0 aromatic carbocycles. The molecule has 1 aromatic rings. The van der Waals surface area contributed by atoms with Crippen molar-refractivity contribution in [2.45, 2.75) is 11.8 Å². The fourth-order valence-corrected chi connectivity index (χ4v) is 4.33. The first-order valence-electron chi connectivity index (χ1n) is 5.90. The van der Waals surface area contributed by atoms with Crippen LogP contribution >= 0.6 is 11.3 Å². The second-order valence-corrected chi connectivity index (χ2v) is 6.07. The third-order valence-electron chi connectivity index (χ3n) is 4.22. The summed E-state index contributed by atoms with van der Waals surface area (Å²) in [5.74, 6) is 0.227. The molecule has 5 heteroatoms. The number of piperidine rings is 1. The average Bonchev–Trinajstić information content (AvgIpc) is 2.75. The van der Waals surface area contributed by atoms with E-state index in [2.05, 4.69) is 5.32 Å². The van der Waals surface area contributed by atoms with Gasteiger partial charge in [0.2, 0.25) is 0 Å². The van der Waals surface area contributed by atoms with Gasteiger partial charge in [-0.2, -0.15) is 0 Å². The maximum Gasteiger partial charge on any atom is 0.348 e. The van der Waals surface area contributed by atoms with Crippen molar-refractivity contribution in [1.82, 2.24) is 5.32 Å². The van der Waals surface area contributed by atoms with E-state index in [1.807, 2.05) is 6.07 Å². The van der Waals surface area contributed by atoms with Gasteiger partial charge in [-0.25, -0.2) is 4.79 Å². The largest absolute Gasteiger partial charge is 0.465 e. The van der Waals surface area contributed by atoms with Crippen molar-refractivity contribution in [3.63, 3.8) is 0 Å². The predicted molar refractivity (Wildman–Crippen MR) is 65.9 cm³/mol. The summed E-state index contributed by atoms with van der Waals surface area (Å²) in [5, 5.41) is 3.30. The monoisotopic (exact) mass is 261 g/mol. The highest BCUT2D eigenvalue weighted by molar-refractivity contribution is 7.16. The van der Waals surface area contributed by atoms with Crippen LogP contribution in [0.4, 0.5) is 0 Å². The minimum atomic E-state index is -0.358. The maximum atomic E-state index is 12.1. The van der Waals surface area contributed by atoms with Gasteiger partial charge in [-0.05, 0) is 24.0 Å². The van der Waals surface area contributed by atoms with E-state index in [0.717, 1.165) is 24.2 Å². The number of ether oxygens (including phenoxy) is 1. The normalized spacial score (nSPS) is 30.8. The molecule has 1 aliphatic heterocycles. The fourth-order valence-electron chi connectivity index (χ4n) is 3.25. The summed E-state index contributed by atoms with van der Waals surface area (Å²) in [4.78, 5) is 24.9. The minimum absolute atomic E-state index is 0.00540. The third-order valence-corrected chi connectivity index (χ3v) is 5.35. The van der Waals surface area contributed by atoms with Crippen molar-refractivity contribution in [3.05, 3.63) is 33.2 Å². The molecule has 1 saturated heterocycles. The number of nitrogens with one attached hydrogen (secondary N) is 1. The van der Waals surface area contributed by atoms with Gasteiger partial charge in [0, 0.05) is 23.7 Å². The Morgan fingerprint density at radius 2 is 2.44 bits per heavy atom. The standard InChI is InChI=1S/C13H11NO3S/c1-17-12(16)9-2-7-11(18-9)8(15)3-10-13(7)4-6(13)5-14-10/h2-3,6,14H,4-5H2,1H3. The first kappa shape index (κ1) is 10.3. The summed E-state index contributed by atoms with van der Waals surface area (Å²) in [6.07, 6.45) is 2.79. The molecule has 18 heavy (non-hydrogen) atoms. The number of fused-ring (bicyclic) bond motifs is 1. The van der Waals surface area contributed by atoms with Gasteiger partial charge in [-0.3, -0.25) is 4.79 Å². The number of hydrogen-bond acceptors (Lipinski definition) is 5. The number of carbonyl (C=O) groups excluding carboxylic acids is 2. The SMILES string of the molecule is COC(=O)c1cc2c(s1)C(=O)C=C1NCC3CC123. The number of esters is 1. The predicted octanol–water partition coefficient (Wildman–Crippen LogP) is 1.48. The van der Waals surface area contributed by atoms with E-state index in [1.54, 1.807) is 6.08 Å². The van der Waals surface area contributed by atoms with Crippen molar-refractivity contribution < 1.29 is 14.3 Å². The molecule has 0 radical (unpaired) electrons. The number of thiophene rings is 1. The maximum absolute atomic E-state index is 12.1. The molecule has 1 saturated carbocycles. The molecule has 0 bridgehead atoms.